The Kier molecular flexibility index (Phi) is 5.34. The number of carbonyl (C=O) groups is 2. The molecule has 0 aromatic carbocycles. The topological polar surface area (TPSA) is 92.4 Å². The maximum atomic E-state index is 11.9. The van der Waals surface area contributed by atoms with Gasteiger partial charge >= 0.3 is 5.97 Å². The summed E-state index contributed by atoms with van der Waals surface area (Å²) in [7, 11) is 0. The fourth-order valence-corrected chi connectivity index (χ4v) is 2.03. The summed E-state index contributed by atoms with van der Waals surface area (Å²) < 4.78 is 0. The summed E-state index contributed by atoms with van der Waals surface area (Å²) in [5.74, 6) is -1.61. The standard InChI is InChI=1S/C13H22N2O3/c1-3-8(2)11(14)12(16)15-10-7-5-4-6-9(10)13(17)18/h5,7-11H,3-4,6,14H2,1-2H3,(H,15,16)(H,17,18)/t8-,9?,10?,11-/m0/s1. The van der Waals surface area contributed by atoms with Crippen LogP contribution in [-0.4, -0.2) is 29.1 Å². The Bertz CT molecular complexity index is 341. The predicted octanol–water partition coefficient (Wildman–Crippen LogP) is 0.895. The maximum Gasteiger partial charge on any atom is 0.308 e. The number of hydrogen-bond donors (Lipinski definition) is 3. The predicted molar refractivity (Wildman–Crippen MR) is 68.9 cm³/mol. The number of nitrogens with one attached hydrogen (secondary N) is 1. The largest absolute Gasteiger partial charge is 0.481 e. The molecule has 4 atom stereocenters. The number of allylic oxidation sites excluding steroid dienone is 1. The molecule has 102 valence electrons. The Morgan fingerprint density at radius 1 is 1.56 bits per heavy atom. The van der Waals surface area contributed by atoms with Crippen LogP contribution in [-0.2, 0) is 9.59 Å². The molecule has 2 unspecified atom stereocenters. The lowest BCUT2D eigenvalue weighted by Crippen LogP contribution is -2.51. The zero-order valence-corrected chi connectivity index (χ0v) is 10.9. The number of carboxylic acid groups (broad SMARTS) is 1. The van der Waals surface area contributed by atoms with Gasteiger partial charge in [-0.3, -0.25) is 9.59 Å². The van der Waals surface area contributed by atoms with Gasteiger partial charge < -0.3 is 16.2 Å². The van der Waals surface area contributed by atoms with Crippen LogP contribution in [0.2, 0.25) is 0 Å². The molecule has 0 aliphatic heterocycles. The van der Waals surface area contributed by atoms with Crippen molar-refractivity contribution >= 4 is 11.9 Å². The summed E-state index contributed by atoms with van der Waals surface area (Å²) in [5, 5.41) is 11.8. The third kappa shape index (κ3) is 3.57. The number of rotatable bonds is 5. The van der Waals surface area contributed by atoms with Crippen molar-refractivity contribution in [3.8, 4) is 0 Å². The summed E-state index contributed by atoms with van der Waals surface area (Å²) in [6.07, 6.45) is 5.76. The Labute approximate surface area is 107 Å². The zero-order chi connectivity index (χ0) is 13.7. The SMILES string of the molecule is CC[C@H](C)[C@H](N)C(=O)NC1C=CCCC1C(=O)O. The van der Waals surface area contributed by atoms with Gasteiger partial charge in [0.2, 0.25) is 5.91 Å². The minimum Gasteiger partial charge on any atom is -0.481 e. The summed E-state index contributed by atoms with van der Waals surface area (Å²) in [5.41, 5.74) is 5.83. The third-order valence-corrected chi connectivity index (χ3v) is 3.61. The smallest absolute Gasteiger partial charge is 0.308 e. The van der Waals surface area contributed by atoms with Crippen molar-refractivity contribution in [1.29, 1.82) is 0 Å². The van der Waals surface area contributed by atoms with Gasteiger partial charge in [0.15, 0.2) is 0 Å². The molecular formula is C13H22N2O3. The Balaban J connectivity index is 2.64. The first-order valence-corrected chi connectivity index (χ1v) is 6.42. The lowest BCUT2D eigenvalue weighted by atomic mass is 9.89. The molecule has 0 radical (unpaired) electrons. The molecular weight excluding hydrogens is 232 g/mol. The zero-order valence-electron chi connectivity index (χ0n) is 10.9. The molecule has 0 aromatic rings. The lowest BCUT2D eigenvalue weighted by molar-refractivity contribution is -0.143. The van der Waals surface area contributed by atoms with Gasteiger partial charge in [0, 0.05) is 0 Å². The number of carbonyl (C=O) groups excluding carboxylic acids is 1. The molecule has 4 N–H and O–H groups in total. The van der Waals surface area contributed by atoms with Crippen molar-refractivity contribution in [2.45, 2.75) is 45.2 Å². The van der Waals surface area contributed by atoms with Gasteiger partial charge in [-0.05, 0) is 18.8 Å². The Morgan fingerprint density at radius 3 is 2.78 bits per heavy atom. The van der Waals surface area contributed by atoms with Crippen LogP contribution in [0.15, 0.2) is 12.2 Å². The van der Waals surface area contributed by atoms with Crippen LogP contribution in [0.5, 0.6) is 0 Å². The second-order valence-corrected chi connectivity index (χ2v) is 4.90. The summed E-state index contributed by atoms with van der Waals surface area (Å²) in [6.45, 7) is 3.88. The Morgan fingerprint density at radius 2 is 2.22 bits per heavy atom. The number of nitrogens with two attached hydrogens (primary N) is 1. The highest BCUT2D eigenvalue weighted by Gasteiger charge is 2.31. The third-order valence-electron chi connectivity index (χ3n) is 3.61. The average molecular weight is 254 g/mol. The highest BCUT2D eigenvalue weighted by atomic mass is 16.4. The minimum absolute atomic E-state index is 0.0841. The average Bonchev–Trinajstić information content (AvgIpc) is 2.37. The fraction of sp³-hybridized carbons (Fsp3) is 0.692. The number of aliphatic carboxylic acids is 1. The molecule has 0 spiro atoms. The highest BCUT2D eigenvalue weighted by Crippen LogP contribution is 2.19. The van der Waals surface area contributed by atoms with Crippen LogP contribution in [0.3, 0.4) is 0 Å². The summed E-state index contributed by atoms with van der Waals surface area (Å²) >= 11 is 0. The summed E-state index contributed by atoms with van der Waals surface area (Å²) in [4.78, 5) is 23.0. The van der Waals surface area contributed by atoms with E-state index in [-0.39, 0.29) is 11.8 Å². The second kappa shape index (κ2) is 6.54. The molecule has 0 saturated carbocycles. The van der Waals surface area contributed by atoms with Crippen molar-refractivity contribution in [3.05, 3.63) is 12.2 Å². The number of carboxylic acids is 1. The van der Waals surface area contributed by atoms with E-state index in [2.05, 4.69) is 5.32 Å². The van der Waals surface area contributed by atoms with E-state index in [0.29, 0.717) is 6.42 Å². The second-order valence-electron chi connectivity index (χ2n) is 4.90. The van der Waals surface area contributed by atoms with Gasteiger partial charge in [0.05, 0.1) is 18.0 Å². The summed E-state index contributed by atoms with van der Waals surface area (Å²) in [6, 6.07) is -1.03. The molecule has 1 aliphatic rings. The lowest BCUT2D eigenvalue weighted by Gasteiger charge is -2.27. The normalized spacial score (nSPS) is 26.4. The monoisotopic (exact) mass is 254 g/mol. The van der Waals surface area contributed by atoms with E-state index in [9.17, 15) is 9.59 Å². The van der Waals surface area contributed by atoms with Crippen LogP contribution in [0.4, 0.5) is 0 Å². The fourth-order valence-electron chi connectivity index (χ4n) is 2.03. The van der Waals surface area contributed by atoms with E-state index >= 15 is 0 Å². The van der Waals surface area contributed by atoms with Gasteiger partial charge in [-0.2, -0.15) is 0 Å². The van der Waals surface area contributed by atoms with E-state index in [4.69, 9.17) is 10.8 Å². The van der Waals surface area contributed by atoms with Gasteiger partial charge in [-0.25, -0.2) is 0 Å². The molecule has 1 rings (SSSR count). The number of hydrogen-bond acceptors (Lipinski definition) is 3. The first-order valence-electron chi connectivity index (χ1n) is 6.42. The van der Waals surface area contributed by atoms with E-state index in [0.717, 1.165) is 12.8 Å². The first kappa shape index (κ1) is 14.7. The Hall–Kier alpha value is -1.36. The van der Waals surface area contributed by atoms with Crippen LogP contribution in [0.1, 0.15) is 33.1 Å². The van der Waals surface area contributed by atoms with Gasteiger partial charge in [-0.15, -0.1) is 0 Å². The molecule has 5 nitrogen and oxygen atoms in total. The molecule has 1 amide bonds. The molecule has 0 bridgehead atoms. The van der Waals surface area contributed by atoms with Crippen LogP contribution < -0.4 is 11.1 Å². The molecule has 0 fully saturated rings. The van der Waals surface area contributed by atoms with Gasteiger partial charge in [0.25, 0.3) is 0 Å². The van der Waals surface area contributed by atoms with Crippen LogP contribution in [0.25, 0.3) is 0 Å². The molecule has 5 heteroatoms. The van der Waals surface area contributed by atoms with E-state index in [1.165, 1.54) is 0 Å². The number of amides is 1. The van der Waals surface area contributed by atoms with Crippen molar-refractivity contribution in [2.24, 2.45) is 17.6 Å². The van der Waals surface area contributed by atoms with E-state index in [1.54, 1.807) is 6.08 Å². The molecule has 0 saturated heterocycles. The first-order chi connectivity index (χ1) is 8.47. The molecule has 0 heterocycles. The molecule has 18 heavy (non-hydrogen) atoms. The maximum absolute atomic E-state index is 11.9. The molecule has 0 aromatic heterocycles. The van der Waals surface area contributed by atoms with Crippen LogP contribution >= 0.6 is 0 Å². The van der Waals surface area contributed by atoms with Crippen molar-refractivity contribution in [2.75, 3.05) is 0 Å². The molecule has 1 aliphatic carbocycles. The van der Waals surface area contributed by atoms with E-state index in [1.807, 2.05) is 19.9 Å². The van der Waals surface area contributed by atoms with Crippen LogP contribution in [0, 0.1) is 11.8 Å². The van der Waals surface area contributed by atoms with Gasteiger partial charge in [-0.1, -0.05) is 32.4 Å². The van der Waals surface area contributed by atoms with Crippen molar-refractivity contribution in [3.63, 3.8) is 0 Å². The van der Waals surface area contributed by atoms with Crippen molar-refractivity contribution < 1.29 is 14.7 Å². The van der Waals surface area contributed by atoms with Crippen molar-refractivity contribution in [1.82, 2.24) is 5.32 Å². The van der Waals surface area contributed by atoms with E-state index < -0.39 is 24.0 Å². The quantitative estimate of drug-likeness (QED) is 0.635. The highest BCUT2D eigenvalue weighted by molar-refractivity contribution is 5.83. The van der Waals surface area contributed by atoms with Gasteiger partial charge in [0.1, 0.15) is 0 Å². The minimum atomic E-state index is -0.873.